The van der Waals surface area contributed by atoms with Crippen molar-refractivity contribution in [3.05, 3.63) is 17.5 Å². The van der Waals surface area contributed by atoms with Gasteiger partial charge in [-0.25, -0.2) is 0 Å². The van der Waals surface area contributed by atoms with E-state index >= 15 is 0 Å². The molecule has 0 saturated carbocycles. The Balaban J connectivity index is 2.54. The zero-order valence-corrected chi connectivity index (χ0v) is 10.4. The fraction of sp³-hybridized carbons (Fsp3) is 0.750. The molecule has 3 heteroatoms. The van der Waals surface area contributed by atoms with E-state index in [-0.39, 0.29) is 0 Å². The molecule has 0 fully saturated rings. The minimum Gasteiger partial charge on any atom is -0.312 e. The lowest BCUT2D eigenvalue weighted by atomic mass is 10.2. The van der Waals surface area contributed by atoms with E-state index in [0.717, 1.165) is 25.2 Å². The first-order valence-electron chi connectivity index (χ1n) is 5.91. The summed E-state index contributed by atoms with van der Waals surface area (Å²) in [6.07, 6.45) is 2.34. The van der Waals surface area contributed by atoms with E-state index in [2.05, 4.69) is 41.9 Å². The van der Waals surface area contributed by atoms with Crippen molar-refractivity contribution in [3.63, 3.8) is 0 Å². The van der Waals surface area contributed by atoms with Crippen molar-refractivity contribution in [1.82, 2.24) is 15.1 Å². The molecule has 0 amide bonds. The molecule has 1 atom stereocenters. The average Bonchev–Trinajstić information content (AvgIpc) is 2.52. The molecule has 0 aliphatic heterocycles. The average molecular weight is 209 g/mol. The molecule has 0 saturated heterocycles. The molecule has 1 heterocycles. The number of rotatable bonds is 6. The van der Waals surface area contributed by atoms with Crippen LogP contribution in [0.5, 0.6) is 0 Å². The van der Waals surface area contributed by atoms with Crippen molar-refractivity contribution >= 4 is 0 Å². The number of hydrogen-bond acceptors (Lipinski definition) is 2. The lowest BCUT2D eigenvalue weighted by Crippen LogP contribution is -2.33. The van der Waals surface area contributed by atoms with Crippen molar-refractivity contribution < 1.29 is 0 Å². The lowest BCUT2D eigenvalue weighted by molar-refractivity contribution is 0.411. The minimum absolute atomic E-state index is 0.544. The van der Waals surface area contributed by atoms with Gasteiger partial charge in [-0.1, -0.05) is 13.8 Å². The van der Waals surface area contributed by atoms with Crippen LogP contribution in [-0.2, 0) is 6.54 Å². The quantitative estimate of drug-likeness (QED) is 0.779. The van der Waals surface area contributed by atoms with Crippen LogP contribution in [0.4, 0.5) is 0 Å². The maximum absolute atomic E-state index is 4.48. The largest absolute Gasteiger partial charge is 0.312 e. The monoisotopic (exact) mass is 209 g/mol. The van der Waals surface area contributed by atoms with E-state index < -0.39 is 0 Å². The van der Waals surface area contributed by atoms with Crippen LogP contribution in [0.3, 0.4) is 0 Å². The second-order valence-corrected chi connectivity index (χ2v) is 4.17. The van der Waals surface area contributed by atoms with E-state index in [9.17, 15) is 0 Å². The number of nitrogens with one attached hydrogen (secondary N) is 1. The highest BCUT2D eigenvalue weighted by atomic mass is 15.3. The van der Waals surface area contributed by atoms with Gasteiger partial charge in [0.1, 0.15) is 0 Å². The molecule has 0 aliphatic rings. The Morgan fingerprint density at radius 1 is 1.40 bits per heavy atom. The lowest BCUT2D eigenvalue weighted by Gasteiger charge is -2.17. The summed E-state index contributed by atoms with van der Waals surface area (Å²) < 4.78 is 2.10. The molecule has 1 aromatic heterocycles. The first kappa shape index (κ1) is 12.2. The van der Waals surface area contributed by atoms with Gasteiger partial charge < -0.3 is 5.32 Å². The van der Waals surface area contributed by atoms with E-state index in [1.165, 1.54) is 12.1 Å². The molecule has 86 valence electrons. The molecule has 0 radical (unpaired) electrons. The molecular weight excluding hydrogens is 186 g/mol. The summed E-state index contributed by atoms with van der Waals surface area (Å²) in [4.78, 5) is 0. The number of aromatic nitrogens is 2. The Kier molecular flexibility index (Phi) is 4.82. The third-order valence-corrected chi connectivity index (χ3v) is 2.67. The van der Waals surface area contributed by atoms with E-state index in [0.29, 0.717) is 6.04 Å². The van der Waals surface area contributed by atoms with Crippen molar-refractivity contribution in [3.8, 4) is 0 Å². The van der Waals surface area contributed by atoms with Crippen LogP contribution in [0.25, 0.3) is 0 Å². The van der Waals surface area contributed by atoms with Crippen molar-refractivity contribution in [2.75, 3.05) is 6.54 Å². The van der Waals surface area contributed by atoms with Gasteiger partial charge in [-0.15, -0.1) is 0 Å². The predicted octanol–water partition coefficient (Wildman–Crippen LogP) is 2.28. The fourth-order valence-corrected chi connectivity index (χ4v) is 1.75. The standard InChI is InChI=1S/C12H23N3/c1-5-7-13-12(6-2)9-15-11(4)8-10(3)14-15/h8,12-13H,5-7,9H2,1-4H3. The highest BCUT2D eigenvalue weighted by molar-refractivity contribution is 5.06. The smallest absolute Gasteiger partial charge is 0.0596 e. The third-order valence-electron chi connectivity index (χ3n) is 2.67. The summed E-state index contributed by atoms with van der Waals surface area (Å²) in [7, 11) is 0. The van der Waals surface area contributed by atoms with Crippen LogP contribution < -0.4 is 5.32 Å². The zero-order valence-electron chi connectivity index (χ0n) is 10.4. The number of aryl methyl sites for hydroxylation is 2. The summed E-state index contributed by atoms with van der Waals surface area (Å²) in [6.45, 7) is 10.7. The summed E-state index contributed by atoms with van der Waals surface area (Å²) >= 11 is 0. The molecule has 1 rings (SSSR count). The summed E-state index contributed by atoms with van der Waals surface area (Å²) in [5.41, 5.74) is 2.36. The molecule has 0 spiro atoms. The normalized spacial score (nSPS) is 13.1. The maximum Gasteiger partial charge on any atom is 0.0596 e. The van der Waals surface area contributed by atoms with Crippen molar-refractivity contribution in [2.24, 2.45) is 0 Å². The molecule has 3 nitrogen and oxygen atoms in total. The van der Waals surface area contributed by atoms with Crippen LogP contribution in [0.2, 0.25) is 0 Å². The van der Waals surface area contributed by atoms with Gasteiger partial charge in [0.05, 0.1) is 12.2 Å². The Labute approximate surface area is 92.9 Å². The zero-order chi connectivity index (χ0) is 11.3. The first-order chi connectivity index (χ1) is 7.17. The van der Waals surface area contributed by atoms with Crippen LogP contribution in [0, 0.1) is 13.8 Å². The van der Waals surface area contributed by atoms with Gasteiger partial charge in [-0.2, -0.15) is 5.10 Å². The Bertz CT molecular complexity index is 291. The Morgan fingerprint density at radius 2 is 2.13 bits per heavy atom. The summed E-state index contributed by atoms with van der Waals surface area (Å²) in [5, 5.41) is 8.03. The van der Waals surface area contributed by atoms with Crippen LogP contribution in [0.15, 0.2) is 6.07 Å². The summed E-state index contributed by atoms with van der Waals surface area (Å²) in [5.74, 6) is 0. The first-order valence-corrected chi connectivity index (χ1v) is 5.91. The third kappa shape index (κ3) is 3.67. The van der Waals surface area contributed by atoms with Gasteiger partial charge in [0, 0.05) is 11.7 Å². The molecule has 1 aromatic rings. The maximum atomic E-state index is 4.48. The van der Waals surface area contributed by atoms with Crippen molar-refractivity contribution in [1.29, 1.82) is 0 Å². The molecule has 0 bridgehead atoms. The van der Waals surface area contributed by atoms with Gasteiger partial charge in [0.2, 0.25) is 0 Å². The molecule has 15 heavy (non-hydrogen) atoms. The fourth-order valence-electron chi connectivity index (χ4n) is 1.75. The SMILES string of the molecule is CCCNC(CC)Cn1nc(C)cc1C. The van der Waals surface area contributed by atoms with Gasteiger partial charge in [0.15, 0.2) is 0 Å². The van der Waals surface area contributed by atoms with Gasteiger partial charge in [-0.3, -0.25) is 4.68 Å². The van der Waals surface area contributed by atoms with Crippen LogP contribution >= 0.6 is 0 Å². The Morgan fingerprint density at radius 3 is 2.60 bits per heavy atom. The van der Waals surface area contributed by atoms with Crippen LogP contribution in [0.1, 0.15) is 38.1 Å². The Hall–Kier alpha value is -0.830. The van der Waals surface area contributed by atoms with Crippen LogP contribution in [-0.4, -0.2) is 22.4 Å². The van der Waals surface area contributed by atoms with Gasteiger partial charge >= 0.3 is 0 Å². The van der Waals surface area contributed by atoms with Crippen molar-refractivity contribution in [2.45, 2.75) is 53.1 Å². The van der Waals surface area contributed by atoms with E-state index in [1.54, 1.807) is 0 Å². The van der Waals surface area contributed by atoms with Gasteiger partial charge in [0.25, 0.3) is 0 Å². The topological polar surface area (TPSA) is 29.9 Å². The second kappa shape index (κ2) is 5.91. The minimum atomic E-state index is 0.544. The van der Waals surface area contributed by atoms with E-state index in [1.807, 2.05) is 6.92 Å². The molecule has 1 unspecified atom stereocenters. The predicted molar refractivity (Wildman–Crippen MR) is 64.1 cm³/mol. The molecule has 0 aromatic carbocycles. The molecular formula is C12H23N3. The van der Waals surface area contributed by atoms with E-state index in [4.69, 9.17) is 0 Å². The number of hydrogen-bond donors (Lipinski definition) is 1. The van der Waals surface area contributed by atoms with Gasteiger partial charge in [-0.05, 0) is 39.3 Å². The molecule has 0 aliphatic carbocycles. The highest BCUT2D eigenvalue weighted by Gasteiger charge is 2.08. The number of nitrogens with zero attached hydrogens (tertiary/aromatic N) is 2. The summed E-state index contributed by atoms with van der Waals surface area (Å²) in [6, 6.07) is 2.68. The molecule has 1 N–H and O–H groups in total. The second-order valence-electron chi connectivity index (χ2n) is 4.17. The highest BCUT2D eigenvalue weighted by Crippen LogP contribution is 2.04.